The summed E-state index contributed by atoms with van der Waals surface area (Å²) in [5, 5.41) is 8.95. The van der Waals surface area contributed by atoms with E-state index in [-0.39, 0.29) is 6.61 Å². The van der Waals surface area contributed by atoms with Crippen molar-refractivity contribution in [2.75, 3.05) is 13.4 Å². The third-order valence-corrected chi connectivity index (χ3v) is 2.97. The second kappa shape index (κ2) is 6.74. The van der Waals surface area contributed by atoms with Crippen molar-refractivity contribution >= 4 is 31.9 Å². The van der Waals surface area contributed by atoms with E-state index in [2.05, 4.69) is 36.6 Å². The molecule has 0 aromatic heterocycles. The molecule has 0 aliphatic heterocycles. The Labute approximate surface area is 118 Å². The summed E-state index contributed by atoms with van der Waals surface area (Å²) in [5.41, 5.74) is 0.636. The number of aliphatic hydroxyl groups is 1. The van der Waals surface area contributed by atoms with Crippen molar-refractivity contribution in [3.05, 3.63) is 26.6 Å². The Morgan fingerprint density at radius 2 is 1.72 bits per heavy atom. The number of benzene rings is 1. The molecule has 1 N–H and O–H groups in total. The van der Waals surface area contributed by atoms with Gasteiger partial charge in [-0.2, -0.15) is 13.2 Å². The second-order valence-corrected chi connectivity index (χ2v) is 4.98. The largest absolute Gasteiger partial charge is 0.465 e. The molecule has 18 heavy (non-hydrogen) atoms. The summed E-state index contributed by atoms with van der Waals surface area (Å²) >= 11 is 6.37. The van der Waals surface area contributed by atoms with E-state index in [1.54, 1.807) is 12.1 Å². The van der Waals surface area contributed by atoms with Crippen molar-refractivity contribution in [2.24, 2.45) is 0 Å². The van der Waals surface area contributed by atoms with Gasteiger partial charge in [0.15, 0.2) is 12.5 Å². The Morgan fingerprint density at radius 1 is 1.17 bits per heavy atom. The molecule has 0 saturated heterocycles. The van der Waals surface area contributed by atoms with Crippen molar-refractivity contribution in [3.8, 4) is 5.75 Å². The van der Waals surface area contributed by atoms with Gasteiger partial charge in [0.05, 0.1) is 15.6 Å². The Kier molecular flexibility index (Phi) is 5.90. The molecule has 0 spiro atoms. The summed E-state index contributed by atoms with van der Waals surface area (Å²) in [6.45, 7) is -2.03. The van der Waals surface area contributed by atoms with Crippen LogP contribution in [0.1, 0.15) is 5.56 Å². The van der Waals surface area contributed by atoms with Gasteiger partial charge in [-0.1, -0.05) is 0 Å². The minimum Gasteiger partial charge on any atom is -0.465 e. The smallest absolute Gasteiger partial charge is 0.411 e. The first kappa shape index (κ1) is 15.7. The van der Waals surface area contributed by atoms with Gasteiger partial charge in [-0.15, -0.1) is 0 Å². The molecule has 0 aliphatic carbocycles. The number of hydrogen-bond donors (Lipinski definition) is 1. The fraction of sp³-hybridized carbons (Fsp3) is 0.400. The van der Waals surface area contributed by atoms with Gasteiger partial charge in [-0.05, 0) is 49.6 Å². The van der Waals surface area contributed by atoms with E-state index in [1.807, 2.05) is 0 Å². The molecule has 3 nitrogen and oxygen atoms in total. The molecule has 1 aromatic rings. The summed E-state index contributed by atoms with van der Waals surface area (Å²) in [7, 11) is 0. The zero-order valence-corrected chi connectivity index (χ0v) is 12.1. The summed E-state index contributed by atoms with van der Waals surface area (Å²) in [5.74, 6) is 0.314. The Morgan fingerprint density at radius 3 is 2.17 bits per heavy atom. The van der Waals surface area contributed by atoms with Crippen molar-refractivity contribution < 1.29 is 27.8 Å². The van der Waals surface area contributed by atoms with Crippen LogP contribution in [0, 0.1) is 0 Å². The first-order valence-electron chi connectivity index (χ1n) is 4.69. The standard InChI is InChI=1S/C10H9Br2F3O3/c11-7-1-6(3-16)2-8(12)9(7)18-5-17-4-10(13,14)15/h1-2,16H,3-5H2. The lowest BCUT2D eigenvalue weighted by Crippen LogP contribution is -2.19. The number of hydrogen-bond acceptors (Lipinski definition) is 3. The number of halogens is 5. The van der Waals surface area contributed by atoms with Crippen LogP contribution in [0.15, 0.2) is 21.1 Å². The minimum absolute atomic E-state index is 0.151. The molecule has 0 saturated carbocycles. The van der Waals surface area contributed by atoms with Crippen LogP contribution in [0.25, 0.3) is 0 Å². The van der Waals surface area contributed by atoms with Gasteiger partial charge in [0.2, 0.25) is 0 Å². The Hall–Kier alpha value is -0.310. The quantitative estimate of drug-likeness (QED) is 0.613. The molecule has 8 heteroatoms. The fourth-order valence-corrected chi connectivity index (χ4v) is 2.61. The van der Waals surface area contributed by atoms with Crippen LogP contribution in [-0.4, -0.2) is 24.7 Å². The summed E-state index contributed by atoms with van der Waals surface area (Å²) < 4.78 is 45.9. The van der Waals surface area contributed by atoms with Gasteiger partial charge >= 0.3 is 6.18 Å². The maximum atomic E-state index is 11.8. The maximum absolute atomic E-state index is 11.8. The lowest BCUT2D eigenvalue weighted by Gasteiger charge is -2.12. The van der Waals surface area contributed by atoms with E-state index in [4.69, 9.17) is 9.84 Å². The molecular formula is C10H9Br2F3O3. The van der Waals surface area contributed by atoms with Gasteiger partial charge in [0.25, 0.3) is 0 Å². The molecule has 0 unspecified atom stereocenters. The van der Waals surface area contributed by atoms with E-state index in [1.165, 1.54) is 0 Å². The van der Waals surface area contributed by atoms with Crippen LogP contribution in [-0.2, 0) is 11.3 Å². The average Bonchev–Trinajstić information content (AvgIpc) is 2.25. The predicted octanol–water partition coefficient (Wildman–Crippen LogP) is 3.62. The van der Waals surface area contributed by atoms with Gasteiger partial charge in [0.1, 0.15) is 6.61 Å². The van der Waals surface area contributed by atoms with E-state index < -0.39 is 19.6 Å². The molecule has 1 aromatic carbocycles. The van der Waals surface area contributed by atoms with Crippen LogP contribution in [0.5, 0.6) is 5.75 Å². The normalized spacial score (nSPS) is 11.7. The van der Waals surface area contributed by atoms with Gasteiger partial charge < -0.3 is 14.6 Å². The van der Waals surface area contributed by atoms with Crippen LogP contribution in [0.2, 0.25) is 0 Å². The third-order valence-electron chi connectivity index (χ3n) is 1.79. The molecule has 0 amide bonds. The van der Waals surface area contributed by atoms with Crippen molar-refractivity contribution in [1.29, 1.82) is 0 Å². The van der Waals surface area contributed by atoms with E-state index >= 15 is 0 Å². The first-order chi connectivity index (χ1) is 8.33. The molecule has 1 rings (SSSR count). The molecule has 0 atom stereocenters. The lowest BCUT2D eigenvalue weighted by atomic mass is 10.2. The van der Waals surface area contributed by atoms with Crippen molar-refractivity contribution in [1.82, 2.24) is 0 Å². The van der Waals surface area contributed by atoms with Gasteiger partial charge in [-0.3, -0.25) is 0 Å². The zero-order valence-electron chi connectivity index (χ0n) is 8.93. The Balaban J connectivity index is 2.57. The van der Waals surface area contributed by atoms with Crippen LogP contribution < -0.4 is 4.74 Å². The second-order valence-electron chi connectivity index (χ2n) is 3.27. The SMILES string of the molecule is OCc1cc(Br)c(OCOCC(F)(F)F)c(Br)c1. The third kappa shape index (κ3) is 5.13. The maximum Gasteiger partial charge on any atom is 0.411 e. The molecular weight excluding hydrogens is 385 g/mol. The highest BCUT2D eigenvalue weighted by molar-refractivity contribution is 9.11. The number of aliphatic hydroxyl groups excluding tert-OH is 1. The van der Waals surface area contributed by atoms with Gasteiger partial charge in [0, 0.05) is 0 Å². The molecule has 102 valence electrons. The molecule has 0 fully saturated rings. The molecule has 0 heterocycles. The van der Waals surface area contributed by atoms with Gasteiger partial charge in [-0.25, -0.2) is 0 Å². The molecule has 0 bridgehead atoms. The minimum atomic E-state index is -4.38. The monoisotopic (exact) mass is 392 g/mol. The number of ether oxygens (including phenoxy) is 2. The summed E-state index contributed by atoms with van der Waals surface area (Å²) in [6, 6.07) is 3.20. The summed E-state index contributed by atoms with van der Waals surface area (Å²) in [6.07, 6.45) is -4.38. The number of rotatable bonds is 5. The fourth-order valence-electron chi connectivity index (χ4n) is 1.10. The van der Waals surface area contributed by atoms with E-state index in [0.29, 0.717) is 20.3 Å². The van der Waals surface area contributed by atoms with E-state index in [9.17, 15) is 13.2 Å². The van der Waals surface area contributed by atoms with Crippen molar-refractivity contribution in [3.63, 3.8) is 0 Å². The van der Waals surface area contributed by atoms with Crippen molar-refractivity contribution in [2.45, 2.75) is 12.8 Å². The predicted molar refractivity (Wildman–Crippen MR) is 65.3 cm³/mol. The lowest BCUT2D eigenvalue weighted by molar-refractivity contribution is -0.186. The van der Waals surface area contributed by atoms with Crippen LogP contribution in [0.3, 0.4) is 0 Å². The van der Waals surface area contributed by atoms with E-state index in [0.717, 1.165) is 0 Å². The highest BCUT2D eigenvalue weighted by Crippen LogP contribution is 2.34. The Bertz CT molecular complexity index is 387. The molecule has 0 radical (unpaired) electrons. The number of alkyl halides is 3. The summed E-state index contributed by atoms with van der Waals surface area (Å²) in [4.78, 5) is 0. The highest BCUT2D eigenvalue weighted by Gasteiger charge is 2.27. The first-order valence-corrected chi connectivity index (χ1v) is 6.28. The molecule has 0 aliphatic rings. The topological polar surface area (TPSA) is 38.7 Å². The zero-order chi connectivity index (χ0) is 13.8. The van der Waals surface area contributed by atoms with Crippen LogP contribution in [0.4, 0.5) is 13.2 Å². The highest BCUT2D eigenvalue weighted by atomic mass is 79.9. The van der Waals surface area contributed by atoms with Crippen LogP contribution >= 0.6 is 31.9 Å². The average molecular weight is 394 g/mol.